The highest BCUT2D eigenvalue weighted by Crippen LogP contribution is 2.19. The first-order valence-corrected chi connectivity index (χ1v) is 7.79. The van der Waals surface area contributed by atoms with E-state index in [0.29, 0.717) is 25.8 Å². The van der Waals surface area contributed by atoms with Crippen LogP contribution < -0.4 is 10.0 Å². The highest BCUT2D eigenvalue weighted by Gasteiger charge is 2.34. The maximum Gasteiger partial charge on any atom is 0.332 e. The smallest absolute Gasteiger partial charge is 0.332 e. The number of hydrogen-bond acceptors (Lipinski definition) is 5. The fourth-order valence-electron chi connectivity index (χ4n) is 1.68. The van der Waals surface area contributed by atoms with Crippen molar-refractivity contribution in [3.05, 3.63) is 0 Å². The predicted molar refractivity (Wildman–Crippen MR) is 66.0 cm³/mol. The normalized spacial score (nSPS) is 23.2. The van der Waals surface area contributed by atoms with Crippen LogP contribution in [0.3, 0.4) is 0 Å². The van der Waals surface area contributed by atoms with Crippen LogP contribution in [0.4, 0.5) is 0 Å². The van der Waals surface area contributed by atoms with E-state index in [9.17, 15) is 18.0 Å². The van der Waals surface area contributed by atoms with Crippen LogP contribution in [-0.2, 0) is 24.3 Å². The Morgan fingerprint density at radius 2 is 1.89 bits per heavy atom. The Kier molecular flexibility index (Phi) is 5.70. The van der Waals surface area contributed by atoms with Gasteiger partial charge in [-0.3, -0.25) is 4.79 Å². The highest BCUT2D eigenvalue weighted by molar-refractivity contribution is 7.88. The van der Waals surface area contributed by atoms with Crippen molar-refractivity contribution in [2.45, 2.75) is 31.5 Å². The first-order chi connectivity index (χ1) is 8.79. The molecule has 0 aliphatic carbocycles. The van der Waals surface area contributed by atoms with Gasteiger partial charge < -0.3 is 15.2 Å². The highest BCUT2D eigenvalue weighted by atomic mass is 32.2. The van der Waals surface area contributed by atoms with Crippen molar-refractivity contribution in [3.8, 4) is 0 Å². The van der Waals surface area contributed by atoms with E-state index >= 15 is 0 Å². The van der Waals surface area contributed by atoms with E-state index in [-0.39, 0.29) is 12.5 Å². The molecule has 19 heavy (non-hydrogen) atoms. The fraction of sp³-hybridized carbons (Fsp3) is 0.800. The summed E-state index contributed by atoms with van der Waals surface area (Å²) in [6.45, 7) is 0.543. The summed E-state index contributed by atoms with van der Waals surface area (Å²) in [6.07, 6.45) is 0.567. The van der Waals surface area contributed by atoms with Crippen LogP contribution in [0.1, 0.15) is 19.3 Å². The van der Waals surface area contributed by atoms with Gasteiger partial charge in [0.25, 0.3) is 0 Å². The number of sulfonamides is 1. The molecule has 2 atom stereocenters. The second kappa shape index (κ2) is 6.83. The summed E-state index contributed by atoms with van der Waals surface area (Å²) in [4.78, 5) is 22.2. The standard InChI is InChI=1S/C10H18N2O6S/c1-19(16,17)12-6-2-5-11-9(13)7-3-4-8(18-7)10(14)15/h7-8,12H,2-6H2,1H3,(H,11,13)(H,14,15). The van der Waals surface area contributed by atoms with Gasteiger partial charge in [0.05, 0.1) is 6.26 Å². The molecule has 1 fully saturated rings. The molecule has 8 nitrogen and oxygen atoms in total. The molecule has 0 saturated carbocycles. The molecule has 0 aromatic carbocycles. The molecular formula is C10H18N2O6S. The maximum absolute atomic E-state index is 11.6. The number of nitrogens with one attached hydrogen (secondary N) is 2. The zero-order valence-corrected chi connectivity index (χ0v) is 11.4. The van der Waals surface area contributed by atoms with Gasteiger partial charge in [-0.15, -0.1) is 0 Å². The maximum atomic E-state index is 11.6. The van der Waals surface area contributed by atoms with Crippen LogP contribution in [0, 0.1) is 0 Å². The average molecular weight is 294 g/mol. The van der Waals surface area contributed by atoms with Crippen LogP contribution in [0.25, 0.3) is 0 Å². The number of ether oxygens (including phenoxy) is 1. The third-order valence-electron chi connectivity index (χ3n) is 2.60. The summed E-state index contributed by atoms with van der Waals surface area (Å²) >= 11 is 0. The fourth-order valence-corrected chi connectivity index (χ4v) is 2.20. The van der Waals surface area contributed by atoms with Crippen molar-refractivity contribution in [1.82, 2.24) is 10.0 Å². The number of hydrogen-bond donors (Lipinski definition) is 3. The van der Waals surface area contributed by atoms with Crippen molar-refractivity contribution in [1.29, 1.82) is 0 Å². The first-order valence-electron chi connectivity index (χ1n) is 5.90. The van der Waals surface area contributed by atoms with Gasteiger partial charge in [0.2, 0.25) is 15.9 Å². The number of amides is 1. The van der Waals surface area contributed by atoms with E-state index in [1.54, 1.807) is 0 Å². The number of carbonyl (C=O) groups is 2. The Labute approximate surface area is 111 Å². The quantitative estimate of drug-likeness (QED) is 0.500. The Balaban J connectivity index is 2.17. The topological polar surface area (TPSA) is 122 Å². The number of aliphatic carboxylic acids is 1. The summed E-state index contributed by atoms with van der Waals surface area (Å²) in [5.74, 6) is -1.42. The van der Waals surface area contributed by atoms with Crippen molar-refractivity contribution in [3.63, 3.8) is 0 Å². The van der Waals surface area contributed by atoms with Gasteiger partial charge in [0.1, 0.15) is 6.10 Å². The monoisotopic (exact) mass is 294 g/mol. The summed E-state index contributed by atoms with van der Waals surface area (Å²) < 4.78 is 28.9. The molecule has 2 unspecified atom stereocenters. The zero-order valence-electron chi connectivity index (χ0n) is 10.6. The lowest BCUT2D eigenvalue weighted by atomic mass is 10.2. The largest absolute Gasteiger partial charge is 0.479 e. The molecule has 0 aromatic heterocycles. The van der Waals surface area contributed by atoms with E-state index in [2.05, 4.69) is 10.0 Å². The lowest BCUT2D eigenvalue weighted by Crippen LogP contribution is -2.37. The Bertz CT molecular complexity index is 435. The number of carboxylic acid groups (broad SMARTS) is 1. The van der Waals surface area contributed by atoms with Crippen molar-refractivity contribution >= 4 is 21.9 Å². The summed E-state index contributed by atoms with van der Waals surface area (Å²) in [6, 6.07) is 0. The molecule has 1 aliphatic rings. The molecule has 1 aliphatic heterocycles. The predicted octanol–water partition coefficient (Wildman–Crippen LogP) is -1.33. The van der Waals surface area contributed by atoms with Gasteiger partial charge in [0.15, 0.2) is 6.10 Å². The Morgan fingerprint density at radius 1 is 1.26 bits per heavy atom. The third kappa shape index (κ3) is 5.99. The van der Waals surface area contributed by atoms with Crippen molar-refractivity contribution in [2.75, 3.05) is 19.3 Å². The SMILES string of the molecule is CS(=O)(=O)NCCCNC(=O)C1CCC(C(=O)O)O1. The molecule has 1 saturated heterocycles. The third-order valence-corrected chi connectivity index (χ3v) is 3.33. The molecule has 0 radical (unpaired) electrons. The first kappa shape index (κ1) is 15.9. The molecule has 0 aromatic rings. The van der Waals surface area contributed by atoms with Crippen molar-refractivity contribution < 1.29 is 27.9 Å². The zero-order chi connectivity index (χ0) is 14.5. The van der Waals surface area contributed by atoms with E-state index in [0.717, 1.165) is 6.26 Å². The van der Waals surface area contributed by atoms with Crippen LogP contribution in [0.5, 0.6) is 0 Å². The Morgan fingerprint density at radius 3 is 2.42 bits per heavy atom. The molecule has 3 N–H and O–H groups in total. The van der Waals surface area contributed by atoms with E-state index in [1.165, 1.54) is 0 Å². The van der Waals surface area contributed by atoms with E-state index in [4.69, 9.17) is 9.84 Å². The lowest BCUT2D eigenvalue weighted by Gasteiger charge is -2.11. The molecule has 110 valence electrons. The van der Waals surface area contributed by atoms with Gasteiger partial charge in [-0.2, -0.15) is 0 Å². The van der Waals surface area contributed by atoms with Crippen LogP contribution >= 0.6 is 0 Å². The second-order valence-corrected chi connectivity index (χ2v) is 6.17. The summed E-state index contributed by atoms with van der Waals surface area (Å²) in [5, 5.41) is 11.3. The van der Waals surface area contributed by atoms with Gasteiger partial charge in [-0.1, -0.05) is 0 Å². The van der Waals surface area contributed by atoms with E-state index < -0.39 is 28.2 Å². The van der Waals surface area contributed by atoms with Crippen LogP contribution in [0.2, 0.25) is 0 Å². The van der Waals surface area contributed by atoms with E-state index in [1.807, 2.05) is 0 Å². The molecule has 1 amide bonds. The van der Waals surface area contributed by atoms with Crippen LogP contribution in [-0.4, -0.2) is 57.0 Å². The van der Waals surface area contributed by atoms with Crippen LogP contribution in [0.15, 0.2) is 0 Å². The van der Waals surface area contributed by atoms with Gasteiger partial charge in [-0.25, -0.2) is 17.9 Å². The molecular weight excluding hydrogens is 276 g/mol. The average Bonchev–Trinajstić information content (AvgIpc) is 2.76. The molecule has 0 bridgehead atoms. The minimum atomic E-state index is -3.21. The second-order valence-electron chi connectivity index (χ2n) is 4.34. The minimum Gasteiger partial charge on any atom is -0.479 e. The lowest BCUT2D eigenvalue weighted by molar-refractivity contribution is -0.151. The summed E-state index contributed by atoms with van der Waals surface area (Å²) in [5.41, 5.74) is 0. The molecule has 1 heterocycles. The number of carboxylic acids is 1. The molecule has 0 spiro atoms. The van der Waals surface area contributed by atoms with Gasteiger partial charge in [0, 0.05) is 13.1 Å². The molecule has 1 rings (SSSR count). The van der Waals surface area contributed by atoms with Gasteiger partial charge >= 0.3 is 5.97 Å². The summed E-state index contributed by atoms with van der Waals surface area (Å²) in [7, 11) is -3.21. The van der Waals surface area contributed by atoms with Gasteiger partial charge in [-0.05, 0) is 19.3 Å². The number of rotatable bonds is 7. The number of carbonyl (C=O) groups excluding carboxylic acids is 1. The molecule has 9 heteroatoms. The van der Waals surface area contributed by atoms with Crippen molar-refractivity contribution in [2.24, 2.45) is 0 Å². The Hall–Kier alpha value is -1.19. The minimum absolute atomic E-state index is 0.238.